The Kier molecular flexibility index (Phi) is 5.48. The van der Waals surface area contributed by atoms with Gasteiger partial charge in [0.2, 0.25) is 0 Å². The third-order valence-electron chi connectivity index (χ3n) is 4.48. The summed E-state index contributed by atoms with van der Waals surface area (Å²) in [4.78, 5) is 4.09. The van der Waals surface area contributed by atoms with Gasteiger partial charge in [0, 0.05) is 0 Å². The van der Waals surface area contributed by atoms with Gasteiger partial charge >= 0.3 is 12.4 Å². The van der Waals surface area contributed by atoms with Gasteiger partial charge in [0.25, 0.3) is 0 Å². The molecule has 156 valence electrons. The highest BCUT2D eigenvalue weighted by atomic mass is 19.4. The maximum absolute atomic E-state index is 13.0. The second kappa shape index (κ2) is 7.58. The molecular weight excluding hydrogens is 400 g/mol. The molecule has 1 heterocycles. The molecule has 0 saturated heterocycles. The SMILES string of the molecule is NC1=NCC(COCc2cc(C(F)(F)F)cc(C(F)(F)F)c2)(c2ccccc2)N1. The standard InChI is InChI=1S/C19H17F6N3O/c20-18(21,22)14-6-12(7-15(8-14)19(23,24)25)9-29-11-17(10-27-16(26)28-17)13-4-2-1-3-5-13/h1-8H,9-11H2,(H3,26,27,28). The van der Waals surface area contributed by atoms with Gasteiger partial charge in [-0.25, -0.2) is 0 Å². The molecule has 0 spiro atoms. The van der Waals surface area contributed by atoms with E-state index in [1.807, 2.05) is 0 Å². The van der Waals surface area contributed by atoms with Gasteiger partial charge in [-0.15, -0.1) is 0 Å². The van der Waals surface area contributed by atoms with Crippen LogP contribution in [-0.2, 0) is 29.2 Å². The monoisotopic (exact) mass is 417 g/mol. The van der Waals surface area contributed by atoms with Crippen molar-refractivity contribution in [2.75, 3.05) is 13.2 Å². The highest BCUT2D eigenvalue weighted by Crippen LogP contribution is 2.36. The van der Waals surface area contributed by atoms with Crippen LogP contribution < -0.4 is 11.1 Å². The summed E-state index contributed by atoms with van der Waals surface area (Å²) in [5.41, 5.74) is 2.64. The average Bonchev–Trinajstić information content (AvgIpc) is 3.03. The molecule has 4 nitrogen and oxygen atoms in total. The van der Waals surface area contributed by atoms with Crippen LogP contribution >= 0.6 is 0 Å². The fourth-order valence-electron chi connectivity index (χ4n) is 3.08. The van der Waals surface area contributed by atoms with Crippen molar-refractivity contribution in [3.8, 4) is 0 Å². The Hall–Kier alpha value is -2.75. The third-order valence-corrected chi connectivity index (χ3v) is 4.48. The second-order valence-corrected chi connectivity index (χ2v) is 6.68. The Labute approximate surface area is 162 Å². The molecule has 0 aliphatic carbocycles. The molecule has 29 heavy (non-hydrogen) atoms. The molecule has 1 atom stereocenters. The number of halogens is 6. The number of rotatable bonds is 5. The lowest BCUT2D eigenvalue weighted by Gasteiger charge is -2.29. The molecule has 10 heteroatoms. The summed E-state index contributed by atoms with van der Waals surface area (Å²) in [5.74, 6) is 0.177. The Bertz CT molecular complexity index is 863. The highest BCUT2D eigenvalue weighted by Gasteiger charge is 2.38. The number of ether oxygens (including phenoxy) is 1. The molecule has 0 saturated carbocycles. The number of nitrogens with one attached hydrogen (secondary N) is 1. The van der Waals surface area contributed by atoms with E-state index in [1.165, 1.54) is 0 Å². The topological polar surface area (TPSA) is 59.6 Å². The average molecular weight is 417 g/mol. The normalized spacial score (nSPS) is 19.7. The lowest BCUT2D eigenvalue weighted by Crippen LogP contribution is -2.48. The minimum absolute atomic E-state index is 0.0567. The van der Waals surface area contributed by atoms with Crippen LogP contribution in [0.1, 0.15) is 22.3 Å². The molecule has 0 radical (unpaired) electrons. The lowest BCUT2D eigenvalue weighted by atomic mass is 9.91. The van der Waals surface area contributed by atoms with Crippen LogP contribution in [0.15, 0.2) is 53.5 Å². The minimum Gasteiger partial charge on any atom is -0.374 e. The van der Waals surface area contributed by atoms with Gasteiger partial charge in [-0.1, -0.05) is 30.3 Å². The summed E-state index contributed by atoms with van der Waals surface area (Å²) >= 11 is 0. The van der Waals surface area contributed by atoms with Crippen LogP contribution in [0.2, 0.25) is 0 Å². The van der Waals surface area contributed by atoms with Crippen molar-refractivity contribution in [1.29, 1.82) is 0 Å². The molecule has 0 bridgehead atoms. The van der Waals surface area contributed by atoms with E-state index < -0.39 is 35.6 Å². The van der Waals surface area contributed by atoms with Gasteiger partial charge in [-0.2, -0.15) is 26.3 Å². The molecule has 3 rings (SSSR count). The van der Waals surface area contributed by atoms with E-state index >= 15 is 0 Å². The predicted molar refractivity (Wildman–Crippen MR) is 93.8 cm³/mol. The summed E-state index contributed by atoms with van der Waals surface area (Å²) in [6, 6.07) is 10.4. The first-order chi connectivity index (χ1) is 13.5. The summed E-state index contributed by atoms with van der Waals surface area (Å²) < 4.78 is 83.4. The Morgan fingerprint density at radius 1 is 0.966 bits per heavy atom. The zero-order valence-electron chi connectivity index (χ0n) is 14.9. The predicted octanol–water partition coefficient (Wildman–Crippen LogP) is 4.05. The zero-order valence-corrected chi connectivity index (χ0v) is 14.9. The minimum atomic E-state index is -4.91. The fraction of sp³-hybridized carbons (Fsp3) is 0.316. The quantitative estimate of drug-likeness (QED) is 0.722. The van der Waals surface area contributed by atoms with Gasteiger partial charge in [0.1, 0.15) is 5.54 Å². The molecule has 0 amide bonds. The van der Waals surface area contributed by atoms with Gasteiger partial charge in [0.15, 0.2) is 5.96 Å². The van der Waals surface area contributed by atoms with Crippen LogP contribution in [0, 0.1) is 0 Å². The summed E-state index contributed by atoms with van der Waals surface area (Å²) in [5, 5.41) is 2.98. The van der Waals surface area contributed by atoms with Crippen LogP contribution in [0.25, 0.3) is 0 Å². The summed E-state index contributed by atoms with van der Waals surface area (Å²) in [6.07, 6.45) is -9.81. The van der Waals surface area contributed by atoms with E-state index in [2.05, 4.69) is 10.3 Å². The van der Waals surface area contributed by atoms with Crippen molar-refractivity contribution in [2.45, 2.75) is 24.5 Å². The smallest absolute Gasteiger partial charge is 0.374 e. The van der Waals surface area contributed by atoms with Crippen molar-refractivity contribution in [2.24, 2.45) is 10.7 Å². The van der Waals surface area contributed by atoms with Gasteiger partial charge in [0.05, 0.1) is 30.9 Å². The molecule has 1 aliphatic rings. The third kappa shape index (κ3) is 4.81. The van der Waals surface area contributed by atoms with Gasteiger partial charge in [-0.05, 0) is 29.3 Å². The molecule has 1 unspecified atom stereocenters. The first-order valence-electron chi connectivity index (χ1n) is 8.49. The Morgan fingerprint density at radius 3 is 2.03 bits per heavy atom. The van der Waals surface area contributed by atoms with Crippen LogP contribution in [-0.4, -0.2) is 19.1 Å². The molecular formula is C19H17F6N3O. The van der Waals surface area contributed by atoms with Crippen molar-refractivity contribution in [1.82, 2.24) is 5.32 Å². The van der Waals surface area contributed by atoms with E-state index in [-0.39, 0.29) is 30.7 Å². The van der Waals surface area contributed by atoms with Crippen molar-refractivity contribution < 1.29 is 31.1 Å². The molecule has 3 N–H and O–H groups in total. The number of nitrogens with zero attached hydrogens (tertiary/aromatic N) is 1. The fourth-order valence-corrected chi connectivity index (χ4v) is 3.08. The van der Waals surface area contributed by atoms with E-state index in [4.69, 9.17) is 10.5 Å². The highest BCUT2D eigenvalue weighted by molar-refractivity contribution is 5.81. The van der Waals surface area contributed by atoms with Gasteiger partial charge < -0.3 is 15.8 Å². The van der Waals surface area contributed by atoms with Crippen LogP contribution in [0.3, 0.4) is 0 Å². The number of benzene rings is 2. The van der Waals surface area contributed by atoms with Gasteiger partial charge in [-0.3, -0.25) is 4.99 Å². The van der Waals surface area contributed by atoms with Crippen molar-refractivity contribution in [3.63, 3.8) is 0 Å². The maximum atomic E-state index is 13.0. The molecule has 0 aromatic heterocycles. The molecule has 0 fully saturated rings. The second-order valence-electron chi connectivity index (χ2n) is 6.68. The number of hydrogen-bond acceptors (Lipinski definition) is 4. The zero-order chi connectivity index (χ0) is 21.3. The van der Waals surface area contributed by atoms with Crippen LogP contribution in [0.4, 0.5) is 26.3 Å². The molecule has 2 aromatic rings. The van der Waals surface area contributed by atoms with E-state index in [0.717, 1.165) is 5.56 Å². The van der Waals surface area contributed by atoms with Crippen molar-refractivity contribution >= 4 is 5.96 Å². The number of alkyl halides is 6. The van der Waals surface area contributed by atoms with E-state index in [9.17, 15) is 26.3 Å². The first-order valence-corrected chi connectivity index (χ1v) is 8.49. The maximum Gasteiger partial charge on any atom is 0.416 e. The molecule has 2 aromatic carbocycles. The largest absolute Gasteiger partial charge is 0.416 e. The van der Waals surface area contributed by atoms with Crippen LogP contribution in [0.5, 0.6) is 0 Å². The Morgan fingerprint density at radius 2 is 1.55 bits per heavy atom. The Balaban J connectivity index is 1.80. The summed E-state index contributed by atoms with van der Waals surface area (Å²) in [7, 11) is 0. The summed E-state index contributed by atoms with van der Waals surface area (Å²) in [6.45, 7) is -0.277. The first kappa shape index (κ1) is 21.0. The number of hydrogen-bond donors (Lipinski definition) is 2. The van der Waals surface area contributed by atoms with E-state index in [1.54, 1.807) is 30.3 Å². The van der Waals surface area contributed by atoms with Crippen molar-refractivity contribution in [3.05, 3.63) is 70.8 Å². The number of nitrogens with two attached hydrogens (primary N) is 1. The van der Waals surface area contributed by atoms with E-state index in [0.29, 0.717) is 12.1 Å². The number of guanidine groups is 1. The molecule has 1 aliphatic heterocycles. The number of aliphatic imine (C=N–C) groups is 1. The lowest BCUT2D eigenvalue weighted by molar-refractivity contribution is -0.143.